The van der Waals surface area contributed by atoms with E-state index in [9.17, 15) is 9.59 Å². The monoisotopic (exact) mass is 432 g/mol. The van der Waals surface area contributed by atoms with Crippen molar-refractivity contribution in [3.05, 3.63) is 81.3 Å². The number of rotatable bonds is 8. The van der Waals surface area contributed by atoms with Crippen LogP contribution in [0.2, 0.25) is 5.02 Å². The molecule has 28 heavy (non-hydrogen) atoms. The molecule has 1 aromatic heterocycles. The van der Waals surface area contributed by atoms with Gasteiger partial charge >= 0.3 is 5.97 Å². The van der Waals surface area contributed by atoms with E-state index in [0.717, 1.165) is 16.2 Å². The molecule has 0 aliphatic carbocycles. The smallest absolute Gasteiger partial charge is 0.339 e. The van der Waals surface area contributed by atoms with E-state index in [1.807, 2.05) is 29.6 Å². The third kappa shape index (κ3) is 6.09. The van der Waals surface area contributed by atoms with Gasteiger partial charge in [0, 0.05) is 27.6 Å². The molecule has 0 fully saturated rings. The first-order valence-corrected chi connectivity index (χ1v) is 10.7. The summed E-state index contributed by atoms with van der Waals surface area (Å²) < 4.78 is 5.18. The molecule has 0 radical (unpaired) electrons. The Morgan fingerprint density at radius 2 is 1.93 bits per heavy atom. The summed E-state index contributed by atoms with van der Waals surface area (Å²) in [6.07, 6.45) is 0. The average molecular weight is 433 g/mol. The summed E-state index contributed by atoms with van der Waals surface area (Å²) >= 11 is 8.87. The fraction of sp³-hybridized carbons (Fsp3) is 0.150. The number of hydrogen-bond donors (Lipinski definition) is 1. The Morgan fingerprint density at radius 3 is 2.68 bits per heavy atom. The second kappa shape index (κ2) is 10.3. The second-order valence-electron chi connectivity index (χ2n) is 5.74. The maximum atomic E-state index is 12.4. The molecular formula is C20H17ClN2O3S2. The Morgan fingerprint density at radius 1 is 1.14 bits per heavy atom. The molecule has 0 saturated heterocycles. The van der Waals surface area contributed by atoms with Gasteiger partial charge in [-0.25, -0.2) is 9.78 Å². The average Bonchev–Trinajstić information content (AvgIpc) is 3.24. The maximum Gasteiger partial charge on any atom is 0.339 e. The van der Waals surface area contributed by atoms with Crippen LogP contribution in [0.15, 0.2) is 64.3 Å². The molecule has 1 N–H and O–H groups in total. The number of thioether (sulfide) groups is 1. The van der Waals surface area contributed by atoms with Crippen LogP contribution in [-0.2, 0) is 21.8 Å². The number of esters is 1. The van der Waals surface area contributed by atoms with E-state index in [1.54, 1.807) is 29.8 Å². The Kier molecular flexibility index (Phi) is 7.47. The molecule has 2 aromatic carbocycles. The lowest BCUT2D eigenvalue weighted by molar-refractivity contribution is -0.124. The highest BCUT2D eigenvalue weighted by Gasteiger charge is 2.15. The van der Waals surface area contributed by atoms with E-state index >= 15 is 0 Å². The molecule has 5 nitrogen and oxygen atoms in total. The highest BCUT2D eigenvalue weighted by Crippen LogP contribution is 2.26. The third-order valence-corrected chi connectivity index (χ3v) is 5.70. The lowest BCUT2D eigenvalue weighted by Crippen LogP contribution is -2.28. The molecule has 0 aliphatic rings. The molecule has 8 heteroatoms. The topological polar surface area (TPSA) is 68.3 Å². The van der Waals surface area contributed by atoms with Gasteiger partial charge in [-0.3, -0.25) is 4.79 Å². The van der Waals surface area contributed by atoms with Crippen molar-refractivity contribution in [2.45, 2.75) is 17.2 Å². The fourth-order valence-corrected chi connectivity index (χ4v) is 4.02. The Hall–Kier alpha value is -2.35. The fourth-order valence-electron chi connectivity index (χ4n) is 2.28. The number of thiazole rings is 1. The van der Waals surface area contributed by atoms with Crippen molar-refractivity contribution < 1.29 is 14.3 Å². The van der Waals surface area contributed by atoms with Crippen molar-refractivity contribution in [2.75, 3.05) is 6.61 Å². The lowest BCUT2D eigenvalue weighted by atomic mass is 10.2. The molecule has 0 spiro atoms. The van der Waals surface area contributed by atoms with Gasteiger partial charge in [0.25, 0.3) is 5.91 Å². The summed E-state index contributed by atoms with van der Waals surface area (Å²) in [6.45, 7) is 0.00510. The Balaban J connectivity index is 1.50. The van der Waals surface area contributed by atoms with E-state index in [1.165, 1.54) is 23.1 Å². The number of carbonyl (C=O) groups is 2. The first-order valence-electron chi connectivity index (χ1n) is 8.39. The molecule has 144 valence electrons. The third-order valence-electron chi connectivity index (χ3n) is 3.70. The minimum absolute atomic E-state index is 0.336. The van der Waals surface area contributed by atoms with Crippen LogP contribution in [0, 0.1) is 0 Å². The van der Waals surface area contributed by atoms with Crippen molar-refractivity contribution >= 4 is 46.6 Å². The molecular weight excluding hydrogens is 416 g/mol. The van der Waals surface area contributed by atoms with Crippen LogP contribution in [0.1, 0.15) is 21.6 Å². The first kappa shape index (κ1) is 20.4. The zero-order valence-corrected chi connectivity index (χ0v) is 17.2. The first-order chi connectivity index (χ1) is 13.6. The number of carbonyl (C=O) groups excluding carboxylic acids is 2. The van der Waals surface area contributed by atoms with E-state index in [-0.39, 0.29) is 12.5 Å². The minimum Gasteiger partial charge on any atom is -0.452 e. The number of amides is 1. The van der Waals surface area contributed by atoms with E-state index in [4.69, 9.17) is 16.3 Å². The molecule has 0 saturated carbocycles. The van der Waals surface area contributed by atoms with Crippen LogP contribution < -0.4 is 5.32 Å². The maximum absolute atomic E-state index is 12.4. The van der Waals surface area contributed by atoms with Crippen molar-refractivity contribution in [3.63, 3.8) is 0 Å². The van der Waals surface area contributed by atoms with Crippen LogP contribution in [0.4, 0.5) is 0 Å². The van der Waals surface area contributed by atoms with Crippen LogP contribution in [0.5, 0.6) is 0 Å². The predicted octanol–water partition coefficient (Wildman–Crippen LogP) is 4.56. The normalized spacial score (nSPS) is 10.5. The number of hydrogen-bond acceptors (Lipinski definition) is 6. The van der Waals surface area contributed by atoms with Crippen LogP contribution in [0.25, 0.3) is 0 Å². The summed E-state index contributed by atoms with van der Waals surface area (Å²) in [5, 5.41) is 5.32. The molecule has 0 atom stereocenters. The summed E-state index contributed by atoms with van der Waals surface area (Å²) in [5.74, 6) is -0.228. The van der Waals surface area contributed by atoms with Gasteiger partial charge in [0.1, 0.15) is 0 Å². The van der Waals surface area contributed by atoms with Crippen LogP contribution in [-0.4, -0.2) is 23.5 Å². The van der Waals surface area contributed by atoms with Crippen molar-refractivity contribution in [2.24, 2.45) is 0 Å². The van der Waals surface area contributed by atoms with Gasteiger partial charge in [0.05, 0.1) is 16.8 Å². The van der Waals surface area contributed by atoms with Gasteiger partial charge in [-0.1, -0.05) is 35.9 Å². The molecule has 0 bridgehead atoms. The van der Waals surface area contributed by atoms with Crippen molar-refractivity contribution in [1.29, 1.82) is 0 Å². The SMILES string of the molecule is O=C(COC(=O)c1ccccc1SCc1cscn1)NCc1ccc(Cl)cc1. The number of aromatic nitrogens is 1. The van der Waals surface area contributed by atoms with E-state index < -0.39 is 5.97 Å². The zero-order chi connectivity index (χ0) is 19.8. The molecule has 3 rings (SSSR count). The predicted molar refractivity (Wildman–Crippen MR) is 112 cm³/mol. The lowest BCUT2D eigenvalue weighted by Gasteiger charge is -2.09. The Labute approximate surface area is 176 Å². The van der Waals surface area contributed by atoms with Crippen LogP contribution >= 0.6 is 34.7 Å². The van der Waals surface area contributed by atoms with Crippen LogP contribution in [0.3, 0.4) is 0 Å². The highest BCUT2D eigenvalue weighted by atomic mass is 35.5. The molecule has 1 heterocycles. The van der Waals surface area contributed by atoms with Gasteiger partial charge in [0.2, 0.25) is 0 Å². The number of benzene rings is 2. The van der Waals surface area contributed by atoms with Gasteiger partial charge in [-0.05, 0) is 29.8 Å². The van der Waals surface area contributed by atoms with E-state index in [0.29, 0.717) is 22.9 Å². The molecule has 0 unspecified atom stereocenters. The van der Waals surface area contributed by atoms with Gasteiger partial charge < -0.3 is 10.1 Å². The standard InChI is InChI=1S/C20H17ClN2O3S2/c21-15-7-5-14(6-8-15)9-22-19(24)10-26-20(25)17-3-1-2-4-18(17)28-12-16-11-27-13-23-16/h1-8,11,13H,9-10,12H2,(H,22,24). The largest absolute Gasteiger partial charge is 0.452 e. The van der Waals surface area contributed by atoms with Gasteiger partial charge in [-0.15, -0.1) is 23.1 Å². The quantitative estimate of drug-likeness (QED) is 0.417. The summed E-state index contributed by atoms with van der Waals surface area (Å²) in [5.41, 5.74) is 4.08. The second-order valence-corrected chi connectivity index (χ2v) is 7.92. The summed E-state index contributed by atoms with van der Waals surface area (Å²) in [6, 6.07) is 14.3. The van der Waals surface area contributed by atoms with Gasteiger partial charge in [-0.2, -0.15) is 0 Å². The number of halogens is 1. The zero-order valence-electron chi connectivity index (χ0n) is 14.8. The van der Waals surface area contributed by atoms with Crippen molar-refractivity contribution in [3.8, 4) is 0 Å². The van der Waals surface area contributed by atoms with Gasteiger partial charge in [0.15, 0.2) is 6.61 Å². The Bertz CT molecular complexity index is 931. The number of ether oxygens (including phenoxy) is 1. The molecule has 1 amide bonds. The van der Waals surface area contributed by atoms with Crippen molar-refractivity contribution in [1.82, 2.24) is 10.3 Å². The molecule has 0 aliphatic heterocycles. The number of nitrogens with one attached hydrogen (secondary N) is 1. The molecule has 3 aromatic rings. The highest BCUT2D eigenvalue weighted by molar-refractivity contribution is 7.98. The van der Waals surface area contributed by atoms with E-state index in [2.05, 4.69) is 10.3 Å². The summed E-state index contributed by atoms with van der Waals surface area (Å²) in [4.78, 5) is 29.4. The summed E-state index contributed by atoms with van der Waals surface area (Å²) in [7, 11) is 0. The number of nitrogens with zero attached hydrogens (tertiary/aromatic N) is 1. The minimum atomic E-state index is -0.525.